The molecule has 0 bridgehead atoms. The first-order valence-electron chi connectivity index (χ1n) is 19.7. The number of nitrogens with two attached hydrogens (primary N) is 2. The number of aromatic nitrogens is 4. The van der Waals surface area contributed by atoms with E-state index in [9.17, 15) is 19.2 Å². The largest absolute Gasteiger partial charge is 0.489 e. The van der Waals surface area contributed by atoms with Crippen LogP contribution in [0.2, 0.25) is 0 Å². The molecule has 0 unspecified atom stereocenters. The van der Waals surface area contributed by atoms with Crippen molar-refractivity contribution in [2.45, 2.75) is 76.4 Å². The van der Waals surface area contributed by atoms with Gasteiger partial charge in [-0.2, -0.15) is 5.10 Å². The van der Waals surface area contributed by atoms with Gasteiger partial charge in [0.05, 0.1) is 42.6 Å². The number of amides is 3. The molecule has 8 rings (SSSR count). The normalized spacial score (nSPS) is 21.8. The average molecular weight is 813 g/mol. The van der Waals surface area contributed by atoms with Crippen molar-refractivity contribution in [1.29, 1.82) is 0 Å². The standard InChI is InChI=1S/C41H48N10O6.ClH/c1-24(2)37(42)41(55)57-34-9-4-3-6-29(34)30-20-33(39(43)47-46-30)51-22-27(21-44-51)49-17-16-48(23-36(49)53)26-12-10-25(11-13-26)28-7-5-8-31-38(28)56-19-18-50(31)32-14-15-35(52)45-40(32)54;/h3-9,20-22,24-26,32,37H,10-19,23,42H2,1-2H3,(H2,43,47)(H,45,52,54);1H/t25?,26?,32-,37-;/m0./s1. The van der Waals surface area contributed by atoms with Crippen LogP contribution >= 0.6 is 12.4 Å². The molecule has 3 amide bonds. The predicted molar refractivity (Wildman–Crippen MR) is 219 cm³/mol. The Labute approximate surface area is 342 Å². The summed E-state index contributed by atoms with van der Waals surface area (Å²) in [4.78, 5) is 57.0. The third-order valence-corrected chi connectivity index (χ3v) is 11.7. The second kappa shape index (κ2) is 17.1. The first-order valence-corrected chi connectivity index (χ1v) is 19.7. The van der Waals surface area contributed by atoms with Gasteiger partial charge in [-0.15, -0.1) is 22.6 Å². The van der Waals surface area contributed by atoms with Crippen LogP contribution in [-0.2, 0) is 19.2 Å². The molecule has 0 radical (unpaired) electrons. The van der Waals surface area contributed by atoms with Gasteiger partial charge in [-0.1, -0.05) is 38.1 Å². The molecule has 3 aliphatic heterocycles. The Morgan fingerprint density at radius 1 is 0.966 bits per heavy atom. The molecule has 2 atom stereocenters. The topological polar surface area (TPSA) is 204 Å². The van der Waals surface area contributed by atoms with Crippen LogP contribution in [0, 0.1) is 5.92 Å². The van der Waals surface area contributed by atoms with Crippen LogP contribution in [0.1, 0.15) is 63.9 Å². The Balaban J connectivity index is 0.00000512. The zero-order chi connectivity index (χ0) is 39.8. The number of rotatable bonds is 9. The Bertz CT molecular complexity index is 2190. The van der Waals surface area contributed by atoms with Crippen molar-refractivity contribution < 1.29 is 28.7 Å². The van der Waals surface area contributed by atoms with Gasteiger partial charge in [0.2, 0.25) is 17.7 Å². The highest BCUT2D eigenvalue weighted by Crippen LogP contribution is 2.45. The number of hydrogen-bond acceptors (Lipinski definition) is 13. The Morgan fingerprint density at radius 3 is 2.52 bits per heavy atom. The van der Waals surface area contributed by atoms with Gasteiger partial charge in [-0.3, -0.25) is 24.6 Å². The van der Waals surface area contributed by atoms with Crippen molar-refractivity contribution >= 4 is 53.3 Å². The van der Waals surface area contributed by atoms with Crippen LogP contribution in [0.25, 0.3) is 16.9 Å². The van der Waals surface area contributed by atoms with Crippen LogP contribution in [0.4, 0.5) is 17.2 Å². The number of para-hydroxylation sites is 2. The number of nitrogens with one attached hydrogen (secondary N) is 1. The van der Waals surface area contributed by atoms with E-state index in [-0.39, 0.29) is 47.9 Å². The van der Waals surface area contributed by atoms with Crippen molar-refractivity contribution in [1.82, 2.24) is 30.2 Å². The molecule has 3 fully saturated rings. The summed E-state index contributed by atoms with van der Waals surface area (Å²) >= 11 is 0. The van der Waals surface area contributed by atoms with E-state index >= 15 is 0 Å². The number of anilines is 3. The van der Waals surface area contributed by atoms with Gasteiger partial charge in [-0.25, -0.2) is 9.48 Å². The molecule has 4 aromatic rings. The third kappa shape index (κ3) is 8.08. The minimum atomic E-state index is -0.780. The maximum Gasteiger partial charge on any atom is 0.328 e. The zero-order valence-electron chi connectivity index (χ0n) is 32.6. The number of piperazine rings is 1. The van der Waals surface area contributed by atoms with E-state index in [0.717, 1.165) is 49.2 Å². The number of benzene rings is 2. The van der Waals surface area contributed by atoms with Crippen molar-refractivity contribution in [2.24, 2.45) is 11.7 Å². The zero-order valence-corrected chi connectivity index (χ0v) is 33.4. The fourth-order valence-electron chi connectivity index (χ4n) is 8.45. The number of esters is 1. The summed E-state index contributed by atoms with van der Waals surface area (Å²) in [7, 11) is 0. The van der Waals surface area contributed by atoms with Crippen molar-refractivity contribution in [3.05, 3.63) is 66.5 Å². The molecular weight excluding hydrogens is 764 g/mol. The van der Waals surface area contributed by atoms with Gasteiger partial charge < -0.3 is 30.7 Å². The second-order valence-corrected chi connectivity index (χ2v) is 15.6. The highest BCUT2D eigenvalue weighted by atomic mass is 35.5. The van der Waals surface area contributed by atoms with Crippen molar-refractivity contribution in [2.75, 3.05) is 48.3 Å². The van der Waals surface area contributed by atoms with Gasteiger partial charge in [0.15, 0.2) is 5.82 Å². The number of halogens is 1. The lowest BCUT2D eigenvalue weighted by molar-refractivity contribution is -0.137. The summed E-state index contributed by atoms with van der Waals surface area (Å²) in [5, 5.41) is 15.5. The number of carbonyl (C=O) groups is 4. The van der Waals surface area contributed by atoms with E-state index in [1.165, 1.54) is 0 Å². The summed E-state index contributed by atoms with van der Waals surface area (Å²) in [6.07, 6.45) is 8.08. The molecule has 5 heterocycles. The Morgan fingerprint density at radius 2 is 1.76 bits per heavy atom. The van der Waals surface area contributed by atoms with Crippen molar-refractivity contribution in [3.8, 4) is 28.4 Å². The number of ether oxygens (including phenoxy) is 2. The highest BCUT2D eigenvalue weighted by Gasteiger charge is 2.38. The SMILES string of the molecule is CC(C)[C@H](N)C(=O)Oc1ccccc1-c1cc(-n2cc(N3CCN(C4CCC(c5cccc6c5OCCN6[C@H]5CCC(=O)NC5=O)CC4)CC3=O)cn2)c(N)nn1.Cl. The lowest BCUT2D eigenvalue weighted by Crippen LogP contribution is -2.54. The Hall–Kier alpha value is -5.58. The number of imide groups is 1. The molecule has 4 aliphatic rings. The van der Waals surface area contributed by atoms with E-state index < -0.39 is 12.0 Å². The van der Waals surface area contributed by atoms with E-state index in [1.807, 2.05) is 26.0 Å². The summed E-state index contributed by atoms with van der Waals surface area (Å²) in [5.41, 5.74) is 16.5. The molecule has 16 nitrogen and oxygen atoms in total. The minimum absolute atomic E-state index is 0. The average Bonchev–Trinajstić information content (AvgIpc) is 3.70. The predicted octanol–water partition coefficient (Wildman–Crippen LogP) is 3.60. The number of carbonyl (C=O) groups excluding carboxylic acids is 4. The van der Waals surface area contributed by atoms with Gasteiger partial charge in [-0.05, 0) is 73.8 Å². The molecule has 306 valence electrons. The first kappa shape index (κ1) is 40.6. The number of fused-ring (bicyclic) bond motifs is 1. The molecular formula is C41H49ClN10O6. The fraction of sp³-hybridized carbons (Fsp3) is 0.439. The molecule has 1 aliphatic carbocycles. The van der Waals surface area contributed by atoms with E-state index in [2.05, 4.69) is 36.5 Å². The van der Waals surface area contributed by atoms with Crippen LogP contribution in [0.3, 0.4) is 0 Å². The fourth-order valence-corrected chi connectivity index (χ4v) is 8.45. The molecule has 1 saturated carbocycles. The Kier molecular flexibility index (Phi) is 12.0. The summed E-state index contributed by atoms with van der Waals surface area (Å²) < 4.78 is 13.5. The number of nitrogen functional groups attached to an aromatic ring is 1. The minimum Gasteiger partial charge on any atom is -0.489 e. The second-order valence-electron chi connectivity index (χ2n) is 15.6. The smallest absolute Gasteiger partial charge is 0.328 e. The quantitative estimate of drug-likeness (QED) is 0.126. The molecule has 2 saturated heterocycles. The van der Waals surface area contributed by atoms with E-state index in [4.69, 9.17) is 20.9 Å². The van der Waals surface area contributed by atoms with E-state index in [0.29, 0.717) is 79.4 Å². The van der Waals surface area contributed by atoms with Gasteiger partial charge in [0.1, 0.15) is 35.9 Å². The lowest BCUT2D eigenvalue weighted by atomic mass is 9.80. The summed E-state index contributed by atoms with van der Waals surface area (Å²) in [6.45, 7) is 6.34. The summed E-state index contributed by atoms with van der Waals surface area (Å²) in [5.74, 6) is 0.494. The summed E-state index contributed by atoms with van der Waals surface area (Å²) in [6, 6.07) is 14.0. The monoisotopic (exact) mass is 812 g/mol. The molecule has 58 heavy (non-hydrogen) atoms. The molecule has 2 aromatic heterocycles. The number of piperidine rings is 1. The lowest BCUT2D eigenvalue weighted by Gasteiger charge is -2.42. The van der Waals surface area contributed by atoms with Crippen LogP contribution in [0.5, 0.6) is 11.5 Å². The molecule has 2 aromatic carbocycles. The highest BCUT2D eigenvalue weighted by molar-refractivity contribution is 6.02. The molecule has 17 heteroatoms. The van der Waals surface area contributed by atoms with Gasteiger partial charge in [0, 0.05) is 31.1 Å². The van der Waals surface area contributed by atoms with Crippen LogP contribution in [-0.4, -0.2) is 99.5 Å². The molecule has 0 spiro atoms. The van der Waals surface area contributed by atoms with Crippen molar-refractivity contribution in [3.63, 3.8) is 0 Å². The number of nitrogens with zero attached hydrogens (tertiary/aromatic N) is 7. The maximum absolute atomic E-state index is 13.6. The molecule has 5 N–H and O–H groups in total. The number of hydrogen-bond donors (Lipinski definition) is 3. The van der Waals surface area contributed by atoms with Crippen LogP contribution < -0.4 is 36.1 Å². The third-order valence-electron chi connectivity index (χ3n) is 11.7. The maximum atomic E-state index is 13.6. The first-order chi connectivity index (χ1) is 27.5. The van der Waals surface area contributed by atoms with Gasteiger partial charge >= 0.3 is 5.97 Å². The van der Waals surface area contributed by atoms with Crippen LogP contribution in [0.15, 0.2) is 60.9 Å². The van der Waals surface area contributed by atoms with E-state index in [1.54, 1.807) is 52.3 Å². The van der Waals surface area contributed by atoms with Gasteiger partial charge in [0.25, 0.3) is 0 Å².